The number of benzene rings is 2. The first-order valence-corrected chi connectivity index (χ1v) is 6.49. The van der Waals surface area contributed by atoms with Crippen molar-refractivity contribution in [3.8, 4) is 5.69 Å². The maximum atomic E-state index is 13.1. The fourth-order valence-corrected chi connectivity index (χ4v) is 2.58. The Morgan fingerprint density at radius 3 is 2.38 bits per heavy atom. The van der Waals surface area contributed by atoms with Gasteiger partial charge in [-0.2, -0.15) is 0 Å². The lowest BCUT2D eigenvalue weighted by molar-refractivity contribution is 0.627. The molecule has 0 saturated heterocycles. The Morgan fingerprint density at radius 2 is 1.62 bits per heavy atom. The molecule has 0 aliphatic heterocycles. The average molecular weight is 279 g/mol. The summed E-state index contributed by atoms with van der Waals surface area (Å²) in [5.74, 6) is 0.208. The summed E-state index contributed by atoms with van der Waals surface area (Å²) in [6, 6.07) is 15.1. The van der Waals surface area contributed by atoms with Crippen LogP contribution in [0.3, 0.4) is 0 Å². The molecule has 21 heavy (non-hydrogen) atoms. The highest BCUT2D eigenvalue weighted by atomic mass is 19.1. The molecule has 102 valence electrons. The van der Waals surface area contributed by atoms with Gasteiger partial charge < -0.3 is 0 Å². The Bertz CT molecular complexity index is 1020. The van der Waals surface area contributed by atoms with E-state index in [1.165, 1.54) is 24.4 Å². The molecule has 0 saturated carbocycles. The van der Waals surface area contributed by atoms with E-state index in [0.717, 1.165) is 16.7 Å². The minimum atomic E-state index is -0.301. The van der Waals surface area contributed by atoms with Gasteiger partial charge in [-0.15, -0.1) is 0 Å². The van der Waals surface area contributed by atoms with Gasteiger partial charge in [0.25, 0.3) is 5.56 Å². The van der Waals surface area contributed by atoms with Crippen LogP contribution >= 0.6 is 0 Å². The fourth-order valence-electron chi connectivity index (χ4n) is 2.58. The SMILES string of the molecule is O=c1ccnc2n(-c3ccc(F)cc3)c3ccccc3n12. The number of rotatable bonds is 1. The molecule has 0 aliphatic rings. The van der Waals surface area contributed by atoms with Gasteiger partial charge in [0, 0.05) is 18.0 Å². The van der Waals surface area contributed by atoms with Crippen molar-refractivity contribution in [3.05, 3.63) is 77.0 Å². The zero-order valence-corrected chi connectivity index (χ0v) is 10.9. The van der Waals surface area contributed by atoms with Crippen LogP contribution in [-0.4, -0.2) is 14.0 Å². The van der Waals surface area contributed by atoms with E-state index in [1.54, 1.807) is 16.5 Å². The molecular weight excluding hydrogens is 269 g/mol. The van der Waals surface area contributed by atoms with Crippen molar-refractivity contribution in [1.29, 1.82) is 0 Å². The van der Waals surface area contributed by atoms with Crippen LogP contribution in [0.5, 0.6) is 0 Å². The van der Waals surface area contributed by atoms with Crippen molar-refractivity contribution in [1.82, 2.24) is 14.0 Å². The summed E-state index contributed by atoms with van der Waals surface area (Å²) in [6.07, 6.45) is 1.48. The average Bonchev–Trinajstić information content (AvgIpc) is 2.84. The number of halogens is 1. The quantitative estimate of drug-likeness (QED) is 0.537. The van der Waals surface area contributed by atoms with Gasteiger partial charge in [0.2, 0.25) is 5.78 Å². The Labute approximate surface area is 118 Å². The predicted octanol–water partition coefficient (Wildman–Crippen LogP) is 2.78. The number of nitrogens with zero attached hydrogens (tertiary/aromatic N) is 3. The maximum absolute atomic E-state index is 13.1. The molecule has 0 N–H and O–H groups in total. The topological polar surface area (TPSA) is 39.3 Å². The van der Waals surface area contributed by atoms with Gasteiger partial charge in [0.15, 0.2) is 0 Å². The molecule has 0 bridgehead atoms. The van der Waals surface area contributed by atoms with Gasteiger partial charge in [-0.3, -0.25) is 9.36 Å². The predicted molar refractivity (Wildman–Crippen MR) is 78.3 cm³/mol. The van der Waals surface area contributed by atoms with Gasteiger partial charge in [-0.1, -0.05) is 12.1 Å². The van der Waals surface area contributed by atoms with E-state index < -0.39 is 0 Å². The Morgan fingerprint density at radius 1 is 0.905 bits per heavy atom. The van der Waals surface area contributed by atoms with Crippen LogP contribution in [0.25, 0.3) is 22.5 Å². The molecule has 4 nitrogen and oxygen atoms in total. The van der Waals surface area contributed by atoms with E-state index in [4.69, 9.17) is 0 Å². The van der Waals surface area contributed by atoms with Gasteiger partial charge in [-0.25, -0.2) is 13.8 Å². The van der Waals surface area contributed by atoms with Crippen LogP contribution in [0, 0.1) is 5.82 Å². The first-order valence-electron chi connectivity index (χ1n) is 6.49. The fraction of sp³-hybridized carbons (Fsp3) is 0. The van der Waals surface area contributed by atoms with Gasteiger partial charge >= 0.3 is 0 Å². The van der Waals surface area contributed by atoms with Gasteiger partial charge in [0.1, 0.15) is 5.82 Å². The minimum absolute atomic E-state index is 0.142. The third-order valence-corrected chi connectivity index (χ3v) is 3.48. The van der Waals surface area contributed by atoms with Crippen LogP contribution in [0.2, 0.25) is 0 Å². The molecule has 2 heterocycles. The van der Waals surface area contributed by atoms with Crippen molar-refractivity contribution in [2.24, 2.45) is 0 Å². The molecule has 2 aromatic carbocycles. The Hall–Kier alpha value is -2.95. The first kappa shape index (κ1) is 11.8. The highest BCUT2D eigenvalue weighted by Gasteiger charge is 2.13. The molecule has 4 rings (SSSR count). The number of hydrogen-bond donors (Lipinski definition) is 0. The Kier molecular flexibility index (Phi) is 2.41. The molecule has 0 atom stereocenters. The smallest absolute Gasteiger partial charge is 0.259 e. The van der Waals surface area contributed by atoms with Crippen LogP contribution in [0.4, 0.5) is 4.39 Å². The Balaban J connectivity index is 2.23. The lowest BCUT2D eigenvalue weighted by Crippen LogP contribution is -2.12. The van der Waals surface area contributed by atoms with Crippen molar-refractivity contribution in [2.45, 2.75) is 0 Å². The molecule has 4 aromatic rings. The van der Waals surface area contributed by atoms with E-state index in [0.29, 0.717) is 5.78 Å². The van der Waals surface area contributed by atoms with E-state index in [9.17, 15) is 9.18 Å². The summed E-state index contributed by atoms with van der Waals surface area (Å²) in [7, 11) is 0. The third kappa shape index (κ3) is 1.67. The second kappa shape index (κ2) is 4.28. The highest BCUT2D eigenvalue weighted by molar-refractivity contribution is 5.83. The normalized spacial score (nSPS) is 11.3. The maximum Gasteiger partial charge on any atom is 0.259 e. The van der Waals surface area contributed by atoms with E-state index in [-0.39, 0.29) is 11.4 Å². The molecular formula is C16H10FN3O. The monoisotopic (exact) mass is 279 g/mol. The minimum Gasteiger partial charge on any atom is -0.278 e. The largest absolute Gasteiger partial charge is 0.278 e. The first-order chi connectivity index (χ1) is 10.3. The number of para-hydroxylation sites is 2. The second-order valence-electron chi connectivity index (χ2n) is 4.72. The summed E-state index contributed by atoms with van der Waals surface area (Å²) in [4.78, 5) is 16.5. The number of aromatic nitrogens is 3. The van der Waals surface area contributed by atoms with Crippen LogP contribution < -0.4 is 5.56 Å². The highest BCUT2D eigenvalue weighted by Crippen LogP contribution is 2.22. The zero-order chi connectivity index (χ0) is 14.4. The van der Waals surface area contributed by atoms with E-state index in [2.05, 4.69) is 4.98 Å². The van der Waals surface area contributed by atoms with Crippen molar-refractivity contribution in [2.75, 3.05) is 0 Å². The molecule has 0 spiro atoms. The van der Waals surface area contributed by atoms with E-state index >= 15 is 0 Å². The summed E-state index contributed by atoms with van der Waals surface area (Å²) in [5, 5.41) is 0. The van der Waals surface area contributed by atoms with Crippen molar-refractivity contribution >= 4 is 16.8 Å². The number of fused-ring (bicyclic) bond motifs is 3. The molecule has 0 fully saturated rings. The molecule has 0 aliphatic carbocycles. The van der Waals surface area contributed by atoms with Crippen molar-refractivity contribution in [3.63, 3.8) is 0 Å². The molecule has 5 heteroatoms. The van der Waals surface area contributed by atoms with Crippen LogP contribution in [-0.2, 0) is 0 Å². The van der Waals surface area contributed by atoms with Crippen LogP contribution in [0.1, 0.15) is 0 Å². The molecule has 0 unspecified atom stereocenters. The zero-order valence-electron chi connectivity index (χ0n) is 10.9. The lowest BCUT2D eigenvalue weighted by atomic mass is 10.3. The molecule has 0 radical (unpaired) electrons. The number of hydrogen-bond acceptors (Lipinski definition) is 2. The number of imidazole rings is 1. The molecule has 2 aromatic heterocycles. The second-order valence-corrected chi connectivity index (χ2v) is 4.72. The standard InChI is InChI=1S/C16H10FN3O/c17-11-5-7-12(8-6-11)19-13-3-1-2-4-14(13)20-15(21)9-10-18-16(19)20/h1-10H. The summed E-state index contributed by atoms with van der Waals surface area (Å²) in [6.45, 7) is 0. The molecule has 0 amide bonds. The van der Waals surface area contributed by atoms with Gasteiger partial charge in [0.05, 0.1) is 11.0 Å². The van der Waals surface area contributed by atoms with Crippen molar-refractivity contribution < 1.29 is 4.39 Å². The van der Waals surface area contributed by atoms with E-state index in [1.807, 2.05) is 28.8 Å². The summed E-state index contributed by atoms with van der Waals surface area (Å²) in [5.41, 5.74) is 2.24. The summed E-state index contributed by atoms with van der Waals surface area (Å²) < 4.78 is 16.5. The lowest BCUT2D eigenvalue weighted by Gasteiger charge is -2.05. The third-order valence-electron chi connectivity index (χ3n) is 3.48. The van der Waals surface area contributed by atoms with Crippen LogP contribution in [0.15, 0.2) is 65.6 Å². The van der Waals surface area contributed by atoms with Gasteiger partial charge in [-0.05, 0) is 36.4 Å². The summed E-state index contributed by atoms with van der Waals surface area (Å²) >= 11 is 0.